The average Bonchev–Trinajstić information content (AvgIpc) is 3.37. The fourth-order valence-corrected chi connectivity index (χ4v) is 5.62. The molecule has 0 aliphatic heterocycles. The first-order chi connectivity index (χ1) is 14.3. The molecular formula is C22H25ClN2O4S. The maximum absolute atomic E-state index is 13.5. The van der Waals surface area contributed by atoms with Crippen LogP contribution in [0.15, 0.2) is 47.4 Å². The van der Waals surface area contributed by atoms with E-state index in [1.165, 1.54) is 19.2 Å². The maximum Gasteiger partial charge on any atom is 0.240 e. The van der Waals surface area contributed by atoms with E-state index in [2.05, 4.69) is 10.0 Å². The van der Waals surface area contributed by atoms with Gasteiger partial charge in [-0.1, -0.05) is 36.6 Å². The second-order valence-electron chi connectivity index (χ2n) is 8.01. The Labute approximate surface area is 182 Å². The van der Waals surface area contributed by atoms with E-state index in [4.69, 9.17) is 16.3 Å². The number of anilines is 1. The Morgan fingerprint density at radius 1 is 1.13 bits per heavy atom. The summed E-state index contributed by atoms with van der Waals surface area (Å²) in [5, 5.41) is 3.53. The van der Waals surface area contributed by atoms with Crippen molar-refractivity contribution in [2.45, 2.75) is 54.9 Å². The number of sulfonamides is 1. The molecule has 1 amide bonds. The minimum Gasteiger partial charge on any atom is -0.495 e. The van der Waals surface area contributed by atoms with E-state index in [1.54, 1.807) is 12.1 Å². The molecule has 0 bridgehead atoms. The summed E-state index contributed by atoms with van der Waals surface area (Å²) in [5.41, 5.74) is 0.523. The largest absolute Gasteiger partial charge is 0.495 e. The van der Waals surface area contributed by atoms with Crippen LogP contribution in [-0.2, 0) is 20.2 Å². The van der Waals surface area contributed by atoms with Gasteiger partial charge in [0.05, 0.1) is 23.1 Å². The first-order valence-corrected chi connectivity index (χ1v) is 12.0. The fourth-order valence-electron chi connectivity index (χ4n) is 4.09. The molecule has 0 atom stereocenters. The van der Waals surface area contributed by atoms with Gasteiger partial charge < -0.3 is 10.1 Å². The van der Waals surface area contributed by atoms with Gasteiger partial charge in [-0.15, -0.1) is 0 Å². The van der Waals surface area contributed by atoms with E-state index in [0.717, 1.165) is 31.2 Å². The van der Waals surface area contributed by atoms with Gasteiger partial charge in [0, 0.05) is 11.1 Å². The Kier molecular flexibility index (Phi) is 5.79. The van der Waals surface area contributed by atoms with E-state index >= 15 is 0 Å². The molecule has 0 unspecified atom stereocenters. The Hall–Kier alpha value is -2.09. The van der Waals surface area contributed by atoms with Gasteiger partial charge >= 0.3 is 0 Å². The number of hydrogen-bond acceptors (Lipinski definition) is 4. The Morgan fingerprint density at radius 3 is 2.50 bits per heavy atom. The molecule has 2 saturated carbocycles. The SMILES string of the molecule is COc1ccc(S(=O)(=O)NC2CC2)cc1NC(=O)C1(c2cccc(Cl)c2)CCCC1. The van der Waals surface area contributed by atoms with Gasteiger partial charge in [0.25, 0.3) is 0 Å². The number of hydrogen-bond donors (Lipinski definition) is 2. The van der Waals surface area contributed by atoms with Crippen molar-refractivity contribution in [1.29, 1.82) is 0 Å². The number of amides is 1. The molecule has 0 saturated heterocycles. The first-order valence-electron chi connectivity index (χ1n) is 10.1. The molecule has 0 heterocycles. The van der Waals surface area contributed by atoms with Gasteiger partial charge in [-0.3, -0.25) is 4.79 Å². The molecule has 8 heteroatoms. The lowest BCUT2D eigenvalue weighted by Crippen LogP contribution is -2.38. The van der Waals surface area contributed by atoms with Crippen LogP contribution in [0.2, 0.25) is 5.02 Å². The number of nitrogens with one attached hydrogen (secondary N) is 2. The van der Waals surface area contributed by atoms with Gasteiger partial charge in [-0.25, -0.2) is 13.1 Å². The van der Waals surface area contributed by atoms with Crippen LogP contribution < -0.4 is 14.8 Å². The van der Waals surface area contributed by atoms with Crippen LogP contribution in [0.4, 0.5) is 5.69 Å². The third-order valence-electron chi connectivity index (χ3n) is 5.90. The normalized spacial score (nSPS) is 18.2. The van der Waals surface area contributed by atoms with Crippen LogP contribution in [0, 0.1) is 0 Å². The standard InChI is InChI=1S/C22H25ClN2O4S/c1-29-20-10-9-18(30(27,28)25-17-7-8-17)14-19(20)24-21(26)22(11-2-3-12-22)15-5-4-6-16(23)13-15/h4-6,9-10,13-14,17,25H,2-3,7-8,11-12H2,1H3,(H,24,26). The molecule has 2 N–H and O–H groups in total. The summed E-state index contributed by atoms with van der Waals surface area (Å²) >= 11 is 6.19. The van der Waals surface area contributed by atoms with Gasteiger partial charge in [0.1, 0.15) is 5.75 Å². The van der Waals surface area contributed by atoms with Gasteiger partial charge in [-0.2, -0.15) is 0 Å². The number of ether oxygens (including phenoxy) is 1. The van der Waals surface area contributed by atoms with Crippen LogP contribution in [0.5, 0.6) is 5.75 Å². The quantitative estimate of drug-likeness (QED) is 0.663. The molecule has 2 fully saturated rings. The van der Waals surface area contributed by atoms with Crippen LogP contribution >= 0.6 is 11.6 Å². The zero-order chi connectivity index (χ0) is 21.4. The Balaban J connectivity index is 1.66. The second kappa shape index (κ2) is 8.21. The first kappa shape index (κ1) is 21.2. The zero-order valence-electron chi connectivity index (χ0n) is 16.8. The Bertz CT molecular complexity index is 1060. The molecule has 2 aliphatic carbocycles. The second-order valence-corrected chi connectivity index (χ2v) is 10.2. The summed E-state index contributed by atoms with van der Waals surface area (Å²) in [5.74, 6) is 0.234. The highest BCUT2D eigenvalue weighted by molar-refractivity contribution is 7.89. The number of carbonyl (C=O) groups excluding carboxylic acids is 1. The zero-order valence-corrected chi connectivity index (χ0v) is 18.4. The Morgan fingerprint density at radius 2 is 1.87 bits per heavy atom. The van der Waals surface area contributed by atoms with Crippen LogP contribution in [0.3, 0.4) is 0 Å². The topological polar surface area (TPSA) is 84.5 Å². The number of carbonyl (C=O) groups is 1. The smallest absolute Gasteiger partial charge is 0.240 e. The predicted octanol–water partition coefficient (Wildman–Crippen LogP) is 4.24. The molecular weight excluding hydrogens is 424 g/mol. The van der Waals surface area contributed by atoms with E-state index in [1.807, 2.05) is 18.2 Å². The summed E-state index contributed by atoms with van der Waals surface area (Å²) in [6.45, 7) is 0. The van der Waals surface area contributed by atoms with Crippen molar-refractivity contribution in [3.63, 3.8) is 0 Å². The summed E-state index contributed by atoms with van der Waals surface area (Å²) in [6, 6.07) is 11.9. The lowest BCUT2D eigenvalue weighted by Gasteiger charge is -2.29. The molecule has 160 valence electrons. The molecule has 6 nitrogen and oxygen atoms in total. The van der Waals surface area contributed by atoms with Gasteiger partial charge in [0.2, 0.25) is 15.9 Å². The van der Waals surface area contributed by atoms with Crippen LogP contribution in [0.25, 0.3) is 0 Å². The molecule has 30 heavy (non-hydrogen) atoms. The van der Waals surface area contributed by atoms with Crippen molar-refractivity contribution in [3.05, 3.63) is 53.1 Å². The molecule has 0 aromatic heterocycles. The van der Waals surface area contributed by atoms with Crippen molar-refractivity contribution < 1.29 is 17.9 Å². The van der Waals surface area contributed by atoms with Gasteiger partial charge in [0.15, 0.2) is 0 Å². The van der Waals surface area contributed by atoms with Gasteiger partial charge in [-0.05, 0) is 61.6 Å². The van der Waals surface area contributed by atoms with Crippen LogP contribution in [-0.4, -0.2) is 27.5 Å². The summed E-state index contributed by atoms with van der Waals surface area (Å²) in [6.07, 6.45) is 5.00. The highest BCUT2D eigenvalue weighted by atomic mass is 35.5. The van der Waals surface area contributed by atoms with Crippen molar-refractivity contribution in [2.24, 2.45) is 0 Å². The summed E-state index contributed by atoms with van der Waals surface area (Å²) in [7, 11) is -2.16. The lowest BCUT2D eigenvalue weighted by molar-refractivity contribution is -0.121. The summed E-state index contributed by atoms with van der Waals surface area (Å²) in [4.78, 5) is 13.6. The minimum absolute atomic E-state index is 0.000250. The predicted molar refractivity (Wildman–Crippen MR) is 117 cm³/mol. The van der Waals surface area contributed by atoms with E-state index < -0.39 is 15.4 Å². The third kappa shape index (κ3) is 4.19. The number of methoxy groups -OCH3 is 1. The number of benzene rings is 2. The van der Waals surface area contributed by atoms with Crippen molar-refractivity contribution in [2.75, 3.05) is 12.4 Å². The van der Waals surface area contributed by atoms with E-state index in [0.29, 0.717) is 29.3 Å². The minimum atomic E-state index is -3.65. The van der Waals surface area contributed by atoms with Crippen molar-refractivity contribution in [3.8, 4) is 5.75 Å². The average molecular weight is 449 g/mol. The van der Waals surface area contributed by atoms with Crippen LogP contribution in [0.1, 0.15) is 44.1 Å². The molecule has 4 rings (SSSR count). The van der Waals surface area contributed by atoms with E-state index in [9.17, 15) is 13.2 Å². The monoisotopic (exact) mass is 448 g/mol. The number of halogens is 1. The number of rotatable bonds is 7. The van der Waals surface area contributed by atoms with Crippen molar-refractivity contribution >= 4 is 33.2 Å². The fraction of sp³-hybridized carbons (Fsp3) is 0.409. The highest BCUT2D eigenvalue weighted by Gasteiger charge is 2.43. The highest BCUT2D eigenvalue weighted by Crippen LogP contribution is 2.43. The molecule has 0 spiro atoms. The summed E-state index contributed by atoms with van der Waals surface area (Å²) < 4.78 is 33.3. The molecule has 2 aliphatic rings. The third-order valence-corrected chi connectivity index (χ3v) is 7.65. The molecule has 0 radical (unpaired) electrons. The lowest BCUT2D eigenvalue weighted by atomic mass is 9.78. The molecule has 2 aromatic rings. The van der Waals surface area contributed by atoms with Crippen molar-refractivity contribution in [1.82, 2.24) is 4.72 Å². The van der Waals surface area contributed by atoms with E-state index in [-0.39, 0.29) is 16.8 Å². The maximum atomic E-state index is 13.5. The molecule has 2 aromatic carbocycles.